The maximum atomic E-state index is 4.31. The number of hydrogen-bond acceptors (Lipinski definition) is 3. The highest BCUT2D eigenvalue weighted by molar-refractivity contribution is 7.00. The summed E-state index contributed by atoms with van der Waals surface area (Å²) < 4.78 is 0. The second kappa shape index (κ2) is 16.1. The molecule has 0 radical (unpaired) electrons. The van der Waals surface area contributed by atoms with E-state index in [1.54, 1.807) is 0 Å². The molecule has 0 spiro atoms. The van der Waals surface area contributed by atoms with E-state index in [4.69, 9.17) is 0 Å². The molecule has 1 N–H and O–H groups in total. The molecule has 2 aliphatic heterocycles. The van der Waals surface area contributed by atoms with E-state index in [1.807, 2.05) is 0 Å². The standard InChI is InChI=1S/C68H66BN3/c1-65(2,3)43-23-30-47(31-24-43)71(48-32-25-44(26-33-48)66(4,5)6)50-40-58-63-60(41-50)72(49-34-27-45(28-35-49)67(7,8)9)59-38-29-46(68(10,11)12)39-57(59)69(63)56-37-36-55-54-22-16-18-42-17-15-21-52(61(42)54)51-19-13-14-20-53(51)62(55)64(56)70-58/h13-41,70H,1-12H3. The Balaban J connectivity index is 1.17. The van der Waals surface area contributed by atoms with Gasteiger partial charge in [0.05, 0.1) is 5.69 Å². The van der Waals surface area contributed by atoms with Crippen molar-refractivity contribution in [3.63, 3.8) is 0 Å². The van der Waals surface area contributed by atoms with Crippen molar-refractivity contribution in [1.29, 1.82) is 0 Å². The molecule has 0 atom stereocenters. The van der Waals surface area contributed by atoms with Crippen LogP contribution in [-0.2, 0) is 21.7 Å². The van der Waals surface area contributed by atoms with Crippen LogP contribution in [-0.4, -0.2) is 6.71 Å². The zero-order valence-corrected chi connectivity index (χ0v) is 44.2. The van der Waals surface area contributed by atoms with E-state index in [9.17, 15) is 0 Å². The number of rotatable bonds is 4. The molecule has 3 aliphatic rings. The first-order chi connectivity index (χ1) is 34.2. The first kappa shape index (κ1) is 45.8. The Kier molecular flexibility index (Phi) is 10.2. The molecule has 356 valence electrons. The van der Waals surface area contributed by atoms with Crippen LogP contribution < -0.4 is 31.5 Å². The van der Waals surface area contributed by atoms with Gasteiger partial charge in [-0.1, -0.05) is 204 Å². The molecule has 72 heavy (non-hydrogen) atoms. The Morgan fingerprint density at radius 2 is 0.917 bits per heavy atom. The normalized spacial score (nSPS) is 13.6. The van der Waals surface area contributed by atoms with Gasteiger partial charge in [0, 0.05) is 45.4 Å². The van der Waals surface area contributed by atoms with Gasteiger partial charge in [-0.05, 0) is 153 Å². The molecule has 0 aromatic heterocycles. The third-order valence-corrected chi connectivity index (χ3v) is 15.8. The van der Waals surface area contributed by atoms with Gasteiger partial charge in [0.2, 0.25) is 0 Å². The molecular weight excluding hydrogens is 870 g/mol. The van der Waals surface area contributed by atoms with Gasteiger partial charge in [0.25, 0.3) is 6.71 Å². The summed E-state index contributed by atoms with van der Waals surface area (Å²) in [5.41, 5.74) is 25.9. The third-order valence-electron chi connectivity index (χ3n) is 15.8. The maximum Gasteiger partial charge on any atom is 0.252 e. The van der Waals surface area contributed by atoms with Crippen LogP contribution in [0.5, 0.6) is 0 Å². The molecule has 3 nitrogen and oxygen atoms in total. The molecule has 0 unspecified atom stereocenters. The van der Waals surface area contributed by atoms with Crippen LogP contribution in [0.2, 0.25) is 0 Å². The molecule has 0 saturated heterocycles. The van der Waals surface area contributed by atoms with Gasteiger partial charge in [-0.2, -0.15) is 0 Å². The number of benzene rings is 9. The van der Waals surface area contributed by atoms with E-state index in [-0.39, 0.29) is 28.4 Å². The average molecular weight is 936 g/mol. The number of anilines is 8. The van der Waals surface area contributed by atoms with Crippen LogP contribution in [0.3, 0.4) is 0 Å². The van der Waals surface area contributed by atoms with Crippen molar-refractivity contribution in [2.45, 2.75) is 105 Å². The smallest absolute Gasteiger partial charge is 0.252 e. The predicted molar refractivity (Wildman–Crippen MR) is 312 cm³/mol. The quantitative estimate of drug-likeness (QED) is 0.177. The van der Waals surface area contributed by atoms with E-state index >= 15 is 0 Å². The minimum atomic E-state index is -0.0559. The second-order valence-corrected chi connectivity index (χ2v) is 24.8. The Hall–Kier alpha value is -7.30. The van der Waals surface area contributed by atoms with E-state index in [2.05, 4.69) is 274 Å². The lowest BCUT2D eigenvalue weighted by molar-refractivity contribution is 0.590. The molecule has 0 saturated carbocycles. The van der Waals surface area contributed by atoms with Crippen molar-refractivity contribution in [3.05, 3.63) is 198 Å². The Labute approximate surface area is 428 Å². The monoisotopic (exact) mass is 936 g/mol. The van der Waals surface area contributed by atoms with Crippen molar-refractivity contribution in [2.24, 2.45) is 0 Å². The van der Waals surface area contributed by atoms with Crippen molar-refractivity contribution in [1.82, 2.24) is 0 Å². The highest BCUT2D eigenvalue weighted by Crippen LogP contribution is 2.52. The fraction of sp³-hybridized carbons (Fsp3) is 0.235. The maximum absolute atomic E-state index is 4.31. The lowest BCUT2D eigenvalue weighted by Crippen LogP contribution is -2.60. The summed E-state index contributed by atoms with van der Waals surface area (Å²) in [7, 11) is 0. The van der Waals surface area contributed by atoms with Crippen molar-refractivity contribution < 1.29 is 0 Å². The Bertz CT molecular complexity index is 3570. The van der Waals surface area contributed by atoms with Crippen LogP contribution in [0.15, 0.2) is 176 Å². The SMILES string of the molecule is CC(C)(C)c1ccc(N(c2ccc(C(C)(C)C)cc2)c2cc3c4c(c2)N(c2ccc(C(C)(C)C)cc2)c2ccc(C(C)(C)C)cc2B4c2ccc4c(c2N3)-c2ccccc2-c2cccc3cccc-4c23)cc1. The molecule has 0 amide bonds. The number of hydrogen-bond donors (Lipinski definition) is 1. The number of nitrogens with one attached hydrogen (secondary N) is 1. The third kappa shape index (κ3) is 7.39. The van der Waals surface area contributed by atoms with Gasteiger partial charge in [-0.25, -0.2) is 0 Å². The second-order valence-electron chi connectivity index (χ2n) is 24.8. The first-order valence-corrected chi connectivity index (χ1v) is 26.0. The minimum Gasteiger partial charge on any atom is -0.356 e. The van der Waals surface area contributed by atoms with E-state index in [0.29, 0.717) is 0 Å². The largest absolute Gasteiger partial charge is 0.356 e. The van der Waals surface area contributed by atoms with Gasteiger partial charge in [0.15, 0.2) is 0 Å². The van der Waals surface area contributed by atoms with Crippen molar-refractivity contribution in [3.8, 4) is 33.4 Å². The van der Waals surface area contributed by atoms with Crippen LogP contribution >= 0.6 is 0 Å². The summed E-state index contributed by atoms with van der Waals surface area (Å²) in [6, 6.07) is 67.7. The Morgan fingerprint density at radius 3 is 1.49 bits per heavy atom. The van der Waals surface area contributed by atoms with Crippen molar-refractivity contribution in [2.75, 3.05) is 15.1 Å². The number of fused-ring (bicyclic) bond motifs is 10. The topological polar surface area (TPSA) is 18.5 Å². The van der Waals surface area contributed by atoms with Gasteiger partial charge in [-0.3, -0.25) is 0 Å². The first-order valence-electron chi connectivity index (χ1n) is 26.0. The molecule has 9 aromatic rings. The molecule has 0 fully saturated rings. The molecule has 1 aliphatic carbocycles. The number of nitrogens with zero attached hydrogens (tertiary/aromatic N) is 2. The lowest BCUT2D eigenvalue weighted by atomic mass is 9.33. The highest BCUT2D eigenvalue weighted by Gasteiger charge is 2.43. The highest BCUT2D eigenvalue weighted by atomic mass is 15.2. The summed E-state index contributed by atoms with van der Waals surface area (Å²) in [6.07, 6.45) is 0. The van der Waals surface area contributed by atoms with Crippen molar-refractivity contribution >= 4 is 79.4 Å². The predicted octanol–water partition coefficient (Wildman–Crippen LogP) is 17.2. The summed E-state index contributed by atoms with van der Waals surface area (Å²) >= 11 is 0. The minimum absolute atomic E-state index is 0.0207. The van der Waals surface area contributed by atoms with Crippen LogP contribution in [0, 0.1) is 0 Å². The van der Waals surface area contributed by atoms with E-state index < -0.39 is 0 Å². The van der Waals surface area contributed by atoms with Gasteiger partial charge < -0.3 is 15.1 Å². The fourth-order valence-electron chi connectivity index (χ4n) is 11.8. The lowest BCUT2D eigenvalue weighted by Gasteiger charge is -2.43. The molecule has 4 heteroatoms. The van der Waals surface area contributed by atoms with Gasteiger partial charge >= 0.3 is 0 Å². The molecular formula is C68H66BN3. The van der Waals surface area contributed by atoms with Crippen LogP contribution in [0.4, 0.5) is 45.5 Å². The summed E-state index contributed by atoms with van der Waals surface area (Å²) in [6.45, 7) is 27.6. The average Bonchev–Trinajstić information content (AvgIpc) is 3.47. The fourth-order valence-corrected chi connectivity index (χ4v) is 11.8. The zero-order valence-electron chi connectivity index (χ0n) is 44.2. The van der Waals surface area contributed by atoms with Crippen LogP contribution in [0.1, 0.15) is 105 Å². The van der Waals surface area contributed by atoms with E-state index in [1.165, 1.54) is 99.9 Å². The summed E-state index contributed by atoms with van der Waals surface area (Å²) in [5.74, 6) is 0. The van der Waals surface area contributed by atoms with Crippen LogP contribution in [0.25, 0.3) is 44.2 Å². The molecule has 12 rings (SSSR count). The molecule has 2 heterocycles. The molecule has 9 aromatic carbocycles. The molecule has 0 bridgehead atoms. The van der Waals surface area contributed by atoms with Gasteiger partial charge in [0.1, 0.15) is 0 Å². The Morgan fingerprint density at radius 1 is 0.403 bits per heavy atom. The van der Waals surface area contributed by atoms with E-state index in [0.717, 1.165) is 28.4 Å². The summed E-state index contributed by atoms with van der Waals surface area (Å²) in [4.78, 5) is 5.03. The summed E-state index contributed by atoms with van der Waals surface area (Å²) in [5, 5.41) is 6.88. The zero-order chi connectivity index (χ0) is 50.2. The van der Waals surface area contributed by atoms with Gasteiger partial charge in [-0.15, -0.1) is 0 Å².